The summed E-state index contributed by atoms with van der Waals surface area (Å²) in [7, 11) is 0. The lowest BCUT2D eigenvalue weighted by molar-refractivity contribution is -0.120. The van der Waals surface area contributed by atoms with E-state index in [0.29, 0.717) is 16.9 Å². The van der Waals surface area contributed by atoms with Gasteiger partial charge in [-0.2, -0.15) is 10.5 Å². The zero-order chi connectivity index (χ0) is 22.1. The number of rotatable bonds is 4. The Labute approximate surface area is 179 Å². The van der Waals surface area contributed by atoms with E-state index in [1.165, 1.54) is 17.0 Å². The van der Waals surface area contributed by atoms with Crippen LogP contribution in [0.15, 0.2) is 42.5 Å². The normalized spacial score (nSPS) is 15.0. The van der Waals surface area contributed by atoms with Gasteiger partial charge < -0.3 is 9.64 Å². The summed E-state index contributed by atoms with van der Waals surface area (Å²) in [5.41, 5.74) is 0.855. The third-order valence-corrected chi connectivity index (χ3v) is 5.17. The second kappa shape index (κ2) is 7.94. The van der Waals surface area contributed by atoms with E-state index in [4.69, 9.17) is 22.2 Å². The Kier molecular flexibility index (Phi) is 5.55. The minimum atomic E-state index is -0.997. The molecule has 0 radical (unpaired) electrons. The topological polar surface area (TPSA) is 97.4 Å². The van der Waals surface area contributed by atoms with E-state index in [-0.39, 0.29) is 28.8 Å². The van der Waals surface area contributed by atoms with Crippen molar-refractivity contribution in [3.05, 3.63) is 59.2 Å². The lowest BCUT2D eigenvalue weighted by Gasteiger charge is -2.29. The van der Waals surface area contributed by atoms with Crippen LogP contribution in [-0.2, 0) is 9.53 Å². The van der Waals surface area contributed by atoms with Gasteiger partial charge in [-0.05, 0) is 75.5 Å². The molecule has 1 fully saturated rings. The zero-order valence-electron chi connectivity index (χ0n) is 16.7. The molecule has 0 atom stereocenters. The molecule has 1 aliphatic heterocycles. The van der Waals surface area contributed by atoms with Gasteiger partial charge in [0.1, 0.15) is 17.7 Å². The number of esters is 1. The van der Waals surface area contributed by atoms with Crippen LogP contribution < -0.4 is 9.80 Å². The third-order valence-electron chi connectivity index (χ3n) is 4.81. The van der Waals surface area contributed by atoms with Gasteiger partial charge in [-0.25, -0.2) is 4.79 Å². The van der Waals surface area contributed by atoms with E-state index < -0.39 is 11.5 Å². The molecule has 7 nitrogen and oxygen atoms in total. The molecule has 1 amide bonds. The second-order valence-corrected chi connectivity index (χ2v) is 7.40. The van der Waals surface area contributed by atoms with Gasteiger partial charge in [-0.1, -0.05) is 0 Å². The Morgan fingerprint density at radius 2 is 1.67 bits per heavy atom. The van der Waals surface area contributed by atoms with Crippen LogP contribution in [0.2, 0.25) is 0 Å². The van der Waals surface area contributed by atoms with Crippen molar-refractivity contribution >= 4 is 40.6 Å². The Hall–Kier alpha value is -3.75. The van der Waals surface area contributed by atoms with Crippen molar-refractivity contribution in [2.45, 2.75) is 26.3 Å². The zero-order valence-corrected chi connectivity index (χ0v) is 17.5. The molecule has 3 rings (SSSR count). The summed E-state index contributed by atoms with van der Waals surface area (Å²) in [4.78, 5) is 28.2. The van der Waals surface area contributed by atoms with Crippen LogP contribution in [0.5, 0.6) is 0 Å². The molecule has 8 heteroatoms. The number of nitrogens with zero attached hydrogens (tertiary/aromatic N) is 4. The summed E-state index contributed by atoms with van der Waals surface area (Å²) in [6.07, 6.45) is 0. The molecule has 150 valence electrons. The number of benzene rings is 2. The first kappa shape index (κ1) is 21.0. The van der Waals surface area contributed by atoms with E-state index in [1.54, 1.807) is 56.0 Å². The average molecular weight is 418 g/mol. The lowest BCUT2D eigenvalue weighted by atomic mass is 10.0. The number of amides is 1. The largest absolute Gasteiger partial charge is 0.462 e. The van der Waals surface area contributed by atoms with Crippen molar-refractivity contribution in [2.75, 3.05) is 16.4 Å². The number of thiocarbonyl (C=S) groups is 1. The average Bonchev–Trinajstić information content (AvgIpc) is 2.91. The van der Waals surface area contributed by atoms with Gasteiger partial charge in [0, 0.05) is 5.69 Å². The van der Waals surface area contributed by atoms with Gasteiger partial charge in [0.15, 0.2) is 5.11 Å². The minimum absolute atomic E-state index is 0.167. The fourth-order valence-electron chi connectivity index (χ4n) is 3.28. The first-order valence-corrected chi connectivity index (χ1v) is 9.57. The van der Waals surface area contributed by atoms with E-state index in [1.807, 2.05) is 12.1 Å². The molecule has 0 aromatic heterocycles. The predicted molar refractivity (Wildman–Crippen MR) is 115 cm³/mol. The third kappa shape index (κ3) is 3.38. The van der Waals surface area contributed by atoms with Crippen molar-refractivity contribution in [2.24, 2.45) is 0 Å². The van der Waals surface area contributed by atoms with Gasteiger partial charge in [-0.15, -0.1) is 0 Å². The summed E-state index contributed by atoms with van der Waals surface area (Å²) in [5.74, 6) is -0.692. The molecule has 0 spiro atoms. The molecular formula is C22H18N4O3S. The van der Waals surface area contributed by atoms with Crippen LogP contribution in [-0.4, -0.2) is 29.1 Å². The van der Waals surface area contributed by atoms with Crippen molar-refractivity contribution in [3.8, 4) is 12.1 Å². The van der Waals surface area contributed by atoms with Crippen LogP contribution in [0.3, 0.4) is 0 Å². The van der Waals surface area contributed by atoms with Crippen LogP contribution >= 0.6 is 12.2 Å². The molecular weight excluding hydrogens is 400 g/mol. The molecule has 2 aromatic rings. The maximum atomic E-state index is 13.2. The number of carbonyl (C=O) groups is 2. The van der Waals surface area contributed by atoms with Crippen LogP contribution in [0.1, 0.15) is 42.3 Å². The fourth-order valence-corrected chi connectivity index (χ4v) is 3.80. The number of ether oxygens (including phenoxy) is 1. The van der Waals surface area contributed by atoms with Gasteiger partial charge in [-0.3, -0.25) is 9.69 Å². The highest BCUT2D eigenvalue weighted by molar-refractivity contribution is 7.81. The van der Waals surface area contributed by atoms with E-state index in [2.05, 4.69) is 0 Å². The van der Waals surface area contributed by atoms with Crippen LogP contribution in [0, 0.1) is 22.7 Å². The Bertz CT molecular complexity index is 1130. The van der Waals surface area contributed by atoms with Crippen molar-refractivity contribution in [3.63, 3.8) is 0 Å². The smallest absolute Gasteiger partial charge is 0.338 e. The van der Waals surface area contributed by atoms with Gasteiger partial charge in [0.05, 0.1) is 29.0 Å². The molecule has 2 aromatic carbocycles. The van der Waals surface area contributed by atoms with Crippen molar-refractivity contribution < 1.29 is 14.3 Å². The number of nitriles is 2. The summed E-state index contributed by atoms with van der Waals surface area (Å²) >= 11 is 5.61. The molecule has 1 aliphatic rings. The highest BCUT2D eigenvalue weighted by Gasteiger charge is 2.50. The fraction of sp³-hybridized carbons (Fsp3) is 0.227. The summed E-state index contributed by atoms with van der Waals surface area (Å²) in [6.45, 7) is 5.51. The predicted octanol–water partition coefficient (Wildman–Crippen LogP) is 3.52. The van der Waals surface area contributed by atoms with Crippen LogP contribution in [0.25, 0.3) is 0 Å². The molecule has 0 unspecified atom stereocenters. The Morgan fingerprint density at radius 3 is 2.23 bits per heavy atom. The summed E-state index contributed by atoms with van der Waals surface area (Å²) in [6, 6.07) is 15.1. The molecule has 0 bridgehead atoms. The molecule has 0 N–H and O–H groups in total. The van der Waals surface area contributed by atoms with Crippen LogP contribution in [0.4, 0.5) is 11.4 Å². The second-order valence-electron chi connectivity index (χ2n) is 7.04. The van der Waals surface area contributed by atoms with Gasteiger partial charge >= 0.3 is 5.97 Å². The Morgan fingerprint density at radius 1 is 1.07 bits per heavy atom. The minimum Gasteiger partial charge on any atom is -0.462 e. The molecule has 1 heterocycles. The van der Waals surface area contributed by atoms with Gasteiger partial charge in [0.2, 0.25) is 0 Å². The molecule has 1 saturated heterocycles. The maximum Gasteiger partial charge on any atom is 0.338 e. The standard InChI is InChI=1S/C22H18N4O3S/c1-4-29-19(27)14-5-8-17(9-6-14)26-21(30)25(20(28)22(26,2)3)18-10-7-15(12-23)16(11-18)13-24/h5-11H,4H2,1-3H3. The lowest BCUT2D eigenvalue weighted by Crippen LogP contribution is -2.44. The number of hydrogen-bond donors (Lipinski definition) is 0. The van der Waals surface area contributed by atoms with Gasteiger partial charge in [0.25, 0.3) is 5.91 Å². The summed E-state index contributed by atoms with van der Waals surface area (Å²) in [5, 5.41) is 18.7. The molecule has 0 aliphatic carbocycles. The van der Waals surface area contributed by atoms with Crippen molar-refractivity contribution in [1.29, 1.82) is 10.5 Å². The summed E-state index contributed by atoms with van der Waals surface area (Å²) < 4.78 is 5.00. The monoisotopic (exact) mass is 418 g/mol. The maximum absolute atomic E-state index is 13.2. The Balaban J connectivity index is 2.00. The number of hydrogen-bond acceptors (Lipinski definition) is 6. The quantitative estimate of drug-likeness (QED) is 0.553. The van der Waals surface area contributed by atoms with E-state index in [9.17, 15) is 14.9 Å². The van der Waals surface area contributed by atoms with E-state index >= 15 is 0 Å². The first-order valence-electron chi connectivity index (χ1n) is 9.16. The van der Waals surface area contributed by atoms with E-state index in [0.717, 1.165) is 0 Å². The number of carbonyl (C=O) groups excluding carboxylic acids is 2. The first-order chi connectivity index (χ1) is 14.3. The SMILES string of the molecule is CCOC(=O)c1ccc(N2C(=S)N(c3ccc(C#N)c(C#N)c3)C(=O)C2(C)C)cc1. The number of anilines is 2. The highest BCUT2D eigenvalue weighted by atomic mass is 32.1. The highest BCUT2D eigenvalue weighted by Crippen LogP contribution is 2.36. The molecule has 30 heavy (non-hydrogen) atoms. The van der Waals surface area contributed by atoms with Crippen molar-refractivity contribution in [1.82, 2.24) is 0 Å². The molecule has 0 saturated carbocycles.